The van der Waals surface area contributed by atoms with E-state index in [-0.39, 0.29) is 5.91 Å². The zero-order valence-corrected chi connectivity index (χ0v) is 15.1. The molecular weight excluding hydrogens is 344 g/mol. The van der Waals surface area contributed by atoms with Crippen molar-refractivity contribution in [1.29, 1.82) is 0 Å². The highest BCUT2D eigenvalue weighted by atomic mass is 16.2. The number of carbonyl (C=O) groups excluding carboxylic acids is 1. The second-order valence-corrected chi connectivity index (χ2v) is 6.58. The minimum Gasteiger partial charge on any atom is -0.303 e. The van der Waals surface area contributed by atoms with E-state index in [4.69, 9.17) is 0 Å². The van der Waals surface area contributed by atoms with Gasteiger partial charge in [-0.3, -0.25) is 4.79 Å². The van der Waals surface area contributed by atoms with Crippen molar-refractivity contribution in [3.63, 3.8) is 0 Å². The molecule has 0 aliphatic heterocycles. The van der Waals surface area contributed by atoms with Crippen LogP contribution in [0.25, 0.3) is 11.4 Å². The van der Waals surface area contributed by atoms with Crippen molar-refractivity contribution in [3.05, 3.63) is 48.8 Å². The van der Waals surface area contributed by atoms with Crippen LogP contribution in [0.2, 0.25) is 0 Å². The van der Waals surface area contributed by atoms with Crippen LogP contribution in [0.4, 0.5) is 5.69 Å². The molecule has 1 aliphatic carbocycles. The number of hydrogen-bond donors (Lipinski definition) is 0. The van der Waals surface area contributed by atoms with Gasteiger partial charge in [-0.25, -0.2) is 9.36 Å². The molecule has 0 bridgehead atoms. The van der Waals surface area contributed by atoms with Crippen molar-refractivity contribution in [1.82, 2.24) is 35.2 Å². The molecule has 9 heteroatoms. The monoisotopic (exact) mass is 364 g/mol. The van der Waals surface area contributed by atoms with Gasteiger partial charge in [-0.1, -0.05) is 23.9 Å². The number of aryl methyl sites for hydroxylation is 1. The molecule has 1 aromatic carbocycles. The lowest BCUT2D eigenvalue weighted by molar-refractivity contribution is -0.114. The van der Waals surface area contributed by atoms with E-state index >= 15 is 0 Å². The number of anilines is 1. The molecule has 1 fully saturated rings. The Labute approximate surface area is 156 Å². The standard InChI is InChI=1S/C18H20N8O/c1-3-17(27)25(11-14-12-26(22-19-14)15-7-5-8-15)16-9-4-6-13(10-16)18-20-21-23-24(18)2/h3-4,6,9-10,12,15H,1,5,7-8,11H2,2H3. The Morgan fingerprint density at radius 3 is 2.85 bits per heavy atom. The van der Waals surface area contributed by atoms with Crippen LogP contribution in [0, 0.1) is 0 Å². The summed E-state index contributed by atoms with van der Waals surface area (Å²) in [5.41, 5.74) is 2.28. The maximum Gasteiger partial charge on any atom is 0.250 e. The lowest BCUT2D eigenvalue weighted by Gasteiger charge is -2.24. The number of carbonyl (C=O) groups is 1. The second kappa shape index (κ2) is 7.10. The van der Waals surface area contributed by atoms with Gasteiger partial charge in [-0.2, -0.15) is 0 Å². The number of aromatic nitrogens is 7. The minimum absolute atomic E-state index is 0.207. The van der Waals surface area contributed by atoms with Crippen molar-refractivity contribution < 1.29 is 4.79 Å². The third-order valence-corrected chi connectivity index (χ3v) is 4.80. The molecule has 4 rings (SSSR count). The fraction of sp³-hybridized carbons (Fsp3) is 0.333. The zero-order valence-electron chi connectivity index (χ0n) is 15.1. The molecule has 3 aromatic rings. The lowest BCUT2D eigenvalue weighted by atomic mass is 9.93. The predicted octanol–water partition coefficient (Wildman–Crippen LogP) is 1.91. The topological polar surface area (TPSA) is 94.6 Å². The van der Waals surface area contributed by atoms with Crippen molar-refractivity contribution in [2.45, 2.75) is 31.8 Å². The van der Waals surface area contributed by atoms with Gasteiger partial charge in [0.15, 0.2) is 5.82 Å². The summed E-state index contributed by atoms with van der Waals surface area (Å²) in [6.07, 6.45) is 6.71. The highest BCUT2D eigenvalue weighted by Gasteiger charge is 2.22. The summed E-state index contributed by atoms with van der Waals surface area (Å²) < 4.78 is 3.49. The van der Waals surface area contributed by atoms with Gasteiger partial charge in [-0.05, 0) is 47.9 Å². The largest absolute Gasteiger partial charge is 0.303 e. The van der Waals surface area contributed by atoms with E-state index in [9.17, 15) is 4.79 Å². The van der Waals surface area contributed by atoms with Crippen LogP contribution in [0.1, 0.15) is 31.0 Å². The quantitative estimate of drug-likeness (QED) is 0.620. The molecule has 27 heavy (non-hydrogen) atoms. The summed E-state index contributed by atoms with van der Waals surface area (Å²) in [5, 5.41) is 20.0. The third-order valence-electron chi connectivity index (χ3n) is 4.80. The van der Waals surface area contributed by atoms with Crippen LogP contribution in [0.15, 0.2) is 43.1 Å². The smallest absolute Gasteiger partial charge is 0.250 e. The zero-order chi connectivity index (χ0) is 18.8. The molecule has 0 unspecified atom stereocenters. The first-order valence-electron chi connectivity index (χ1n) is 8.83. The van der Waals surface area contributed by atoms with Gasteiger partial charge in [0.2, 0.25) is 0 Å². The summed E-state index contributed by atoms with van der Waals surface area (Å²) in [6.45, 7) is 3.94. The maximum absolute atomic E-state index is 12.5. The van der Waals surface area contributed by atoms with Crippen molar-refractivity contribution in [2.24, 2.45) is 7.05 Å². The van der Waals surface area contributed by atoms with E-state index < -0.39 is 0 Å². The van der Waals surface area contributed by atoms with Crippen molar-refractivity contribution in [2.75, 3.05) is 4.90 Å². The molecule has 0 radical (unpaired) electrons. The summed E-state index contributed by atoms with van der Waals surface area (Å²) in [5.74, 6) is 0.417. The maximum atomic E-state index is 12.5. The molecule has 0 saturated heterocycles. The van der Waals surface area contributed by atoms with E-state index in [0.717, 1.165) is 29.8 Å². The van der Waals surface area contributed by atoms with Gasteiger partial charge >= 0.3 is 0 Å². The Hall–Kier alpha value is -3.36. The second-order valence-electron chi connectivity index (χ2n) is 6.58. The minimum atomic E-state index is -0.207. The van der Waals surface area contributed by atoms with E-state index in [1.807, 2.05) is 35.1 Å². The number of benzene rings is 1. The molecule has 1 saturated carbocycles. The molecule has 0 spiro atoms. The first-order valence-corrected chi connectivity index (χ1v) is 8.83. The van der Waals surface area contributed by atoms with Gasteiger partial charge in [0.25, 0.3) is 5.91 Å². The average molecular weight is 364 g/mol. The van der Waals surface area contributed by atoms with Crippen molar-refractivity contribution >= 4 is 11.6 Å². The molecule has 138 valence electrons. The number of rotatable bonds is 6. The Bertz CT molecular complexity index is 971. The van der Waals surface area contributed by atoms with E-state index in [0.29, 0.717) is 18.4 Å². The van der Waals surface area contributed by atoms with Gasteiger partial charge < -0.3 is 4.90 Å². The van der Waals surface area contributed by atoms with Crippen LogP contribution in [0.3, 0.4) is 0 Å². The third kappa shape index (κ3) is 3.35. The van der Waals surface area contributed by atoms with Gasteiger partial charge in [0, 0.05) is 18.3 Å². The molecule has 2 aromatic heterocycles. The highest BCUT2D eigenvalue weighted by molar-refractivity contribution is 6.01. The van der Waals surface area contributed by atoms with E-state index in [1.165, 1.54) is 12.5 Å². The van der Waals surface area contributed by atoms with E-state index in [1.54, 1.807) is 16.6 Å². The average Bonchev–Trinajstić information content (AvgIpc) is 3.27. The molecule has 9 nitrogen and oxygen atoms in total. The van der Waals surface area contributed by atoms with Crippen LogP contribution >= 0.6 is 0 Å². The predicted molar refractivity (Wildman–Crippen MR) is 98.5 cm³/mol. The Kier molecular flexibility index (Phi) is 4.49. The number of nitrogens with zero attached hydrogens (tertiary/aromatic N) is 8. The van der Waals surface area contributed by atoms with Crippen LogP contribution in [0.5, 0.6) is 0 Å². The van der Waals surface area contributed by atoms with Crippen LogP contribution in [-0.2, 0) is 18.4 Å². The molecule has 1 aliphatic rings. The van der Waals surface area contributed by atoms with Crippen LogP contribution in [-0.4, -0.2) is 41.1 Å². The molecule has 0 atom stereocenters. The summed E-state index contributed by atoms with van der Waals surface area (Å²) in [4.78, 5) is 14.1. The van der Waals surface area contributed by atoms with Gasteiger partial charge in [-0.15, -0.1) is 10.2 Å². The first kappa shape index (κ1) is 17.1. The number of tetrazole rings is 1. The van der Waals surface area contributed by atoms with Crippen molar-refractivity contribution in [3.8, 4) is 11.4 Å². The van der Waals surface area contributed by atoms with Gasteiger partial charge in [0.1, 0.15) is 5.69 Å². The molecule has 0 N–H and O–H groups in total. The molecule has 1 amide bonds. The fourth-order valence-electron chi connectivity index (χ4n) is 3.07. The fourth-order valence-corrected chi connectivity index (χ4v) is 3.07. The van der Waals surface area contributed by atoms with Gasteiger partial charge in [0.05, 0.1) is 18.8 Å². The van der Waals surface area contributed by atoms with Crippen LogP contribution < -0.4 is 4.90 Å². The highest BCUT2D eigenvalue weighted by Crippen LogP contribution is 2.31. The lowest BCUT2D eigenvalue weighted by Crippen LogP contribution is -2.28. The normalized spacial score (nSPS) is 14.0. The molecule has 2 heterocycles. The molecular formula is C18H20N8O. The summed E-state index contributed by atoms with van der Waals surface area (Å²) in [7, 11) is 1.77. The number of amides is 1. The Balaban J connectivity index is 1.62. The summed E-state index contributed by atoms with van der Waals surface area (Å²) >= 11 is 0. The number of hydrogen-bond acceptors (Lipinski definition) is 6. The summed E-state index contributed by atoms with van der Waals surface area (Å²) in [6, 6.07) is 7.95. The SMILES string of the molecule is C=CC(=O)N(Cc1cn(C2CCC2)nn1)c1cccc(-c2nnnn2C)c1. The Morgan fingerprint density at radius 1 is 1.33 bits per heavy atom. The first-order chi connectivity index (χ1) is 13.2. The van der Waals surface area contributed by atoms with E-state index in [2.05, 4.69) is 32.4 Å². The Morgan fingerprint density at radius 2 is 2.19 bits per heavy atom.